The van der Waals surface area contributed by atoms with Gasteiger partial charge in [-0.15, -0.1) is 0 Å². The minimum atomic E-state index is -0.230. The minimum Gasteiger partial charge on any atom is -0.466 e. The van der Waals surface area contributed by atoms with Crippen LogP contribution in [0.15, 0.2) is 35.9 Å². The van der Waals surface area contributed by atoms with Crippen molar-refractivity contribution in [2.75, 3.05) is 20.2 Å². The molecule has 0 aromatic heterocycles. The van der Waals surface area contributed by atoms with Crippen LogP contribution < -0.4 is 0 Å². The molecule has 20 heavy (non-hydrogen) atoms. The first-order valence-corrected chi connectivity index (χ1v) is 7.28. The van der Waals surface area contributed by atoms with E-state index in [1.165, 1.54) is 26.4 Å². The third-order valence-corrected chi connectivity index (χ3v) is 3.90. The van der Waals surface area contributed by atoms with Crippen molar-refractivity contribution >= 4 is 12.0 Å². The Balaban J connectivity index is 2.15. The van der Waals surface area contributed by atoms with Crippen molar-refractivity contribution in [3.8, 4) is 0 Å². The monoisotopic (exact) mass is 273 g/mol. The van der Waals surface area contributed by atoms with E-state index in [9.17, 15) is 4.79 Å². The zero-order valence-corrected chi connectivity index (χ0v) is 12.3. The number of nitrogens with zero attached hydrogens (tertiary/aromatic N) is 1. The van der Waals surface area contributed by atoms with Crippen molar-refractivity contribution < 1.29 is 9.53 Å². The Hall–Kier alpha value is -1.61. The molecule has 0 N–H and O–H groups in total. The summed E-state index contributed by atoms with van der Waals surface area (Å²) < 4.78 is 4.93. The second-order valence-electron chi connectivity index (χ2n) is 5.39. The summed E-state index contributed by atoms with van der Waals surface area (Å²) in [6.07, 6.45) is 5.64. The van der Waals surface area contributed by atoms with Gasteiger partial charge in [0.15, 0.2) is 0 Å². The number of likely N-dealkylation sites (tertiary alicyclic amines) is 1. The fourth-order valence-corrected chi connectivity index (χ4v) is 2.66. The van der Waals surface area contributed by atoms with Crippen molar-refractivity contribution in [3.05, 3.63) is 41.5 Å². The zero-order chi connectivity index (χ0) is 14.4. The summed E-state index contributed by atoms with van der Waals surface area (Å²) in [5.74, 6) is -0.230. The Labute approximate surface area is 121 Å². The third kappa shape index (κ3) is 3.94. The van der Waals surface area contributed by atoms with E-state index < -0.39 is 0 Å². The van der Waals surface area contributed by atoms with Crippen LogP contribution in [0.5, 0.6) is 0 Å². The topological polar surface area (TPSA) is 29.5 Å². The van der Waals surface area contributed by atoms with E-state index in [1.54, 1.807) is 0 Å². The van der Waals surface area contributed by atoms with Crippen molar-refractivity contribution in [1.29, 1.82) is 0 Å². The first kappa shape index (κ1) is 14.8. The molecule has 3 nitrogen and oxygen atoms in total. The van der Waals surface area contributed by atoms with E-state index >= 15 is 0 Å². The standard InChI is InChI=1S/C17H23NO2/c1-14-8-6-7-11-18(14)13-16(17(19)20-2)12-15-9-4-3-5-10-15/h3-5,9-10,12,14H,6-8,11,13H2,1-2H3/b16-12-/t14-/m1/s1. The van der Waals surface area contributed by atoms with Gasteiger partial charge in [-0.2, -0.15) is 0 Å². The Morgan fingerprint density at radius 2 is 2.10 bits per heavy atom. The number of esters is 1. The molecule has 1 atom stereocenters. The van der Waals surface area contributed by atoms with Gasteiger partial charge in [0.2, 0.25) is 0 Å². The van der Waals surface area contributed by atoms with Crippen LogP contribution in [-0.4, -0.2) is 37.1 Å². The van der Waals surface area contributed by atoms with Gasteiger partial charge in [0, 0.05) is 12.6 Å². The molecule has 0 bridgehead atoms. The average molecular weight is 273 g/mol. The molecule has 1 heterocycles. The average Bonchev–Trinajstić information content (AvgIpc) is 2.49. The highest BCUT2D eigenvalue weighted by Crippen LogP contribution is 2.19. The van der Waals surface area contributed by atoms with Crippen LogP contribution in [0.1, 0.15) is 31.7 Å². The first-order valence-electron chi connectivity index (χ1n) is 7.28. The minimum absolute atomic E-state index is 0.230. The number of methoxy groups -OCH3 is 1. The maximum atomic E-state index is 12.0. The van der Waals surface area contributed by atoms with Crippen LogP contribution in [0.4, 0.5) is 0 Å². The Morgan fingerprint density at radius 1 is 1.35 bits per heavy atom. The van der Waals surface area contributed by atoms with E-state index in [4.69, 9.17) is 4.74 Å². The van der Waals surface area contributed by atoms with Gasteiger partial charge in [-0.3, -0.25) is 4.90 Å². The molecule has 1 saturated heterocycles. The molecule has 2 rings (SSSR count). The number of benzene rings is 1. The molecule has 108 valence electrons. The molecule has 1 aliphatic rings. The van der Waals surface area contributed by atoms with Crippen molar-refractivity contribution in [2.24, 2.45) is 0 Å². The molecule has 0 saturated carbocycles. The molecule has 1 aromatic rings. The molecule has 0 amide bonds. The normalized spacial score (nSPS) is 20.7. The van der Waals surface area contributed by atoms with Crippen molar-refractivity contribution in [3.63, 3.8) is 0 Å². The summed E-state index contributed by atoms with van der Waals surface area (Å²) in [6.45, 7) is 3.96. The van der Waals surface area contributed by atoms with Crippen molar-refractivity contribution in [2.45, 2.75) is 32.2 Å². The summed E-state index contributed by atoms with van der Waals surface area (Å²) in [5.41, 5.74) is 1.77. The number of carbonyl (C=O) groups is 1. The molecular weight excluding hydrogens is 250 g/mol. The third-order valence-electron chi connectivity index (χ3n) is 3.90. The van der Waals surface area contributed by atoms with Crippen molar-refractivity contribution in [1.82, 2.24) is 4.90 Å². The van der Waals surface area contributed by atoms with Crippen LogP contribution >= 0.6 is 0 Å². The number of piperidine rings is 1. The fraction of sp³-hybridized carbons (Fsp3) is 0.471. The molecule has 0 spiro atoms. The summed E-state index contributed by atoms with van der Waals surface area (Å²) >= 11 is 0. The van der Waals surface area contributed by atoms with Gasteiger partial charge in [-0.1, -0.05) is 36.8 Å². The molecule has 0 radical (unpaired) electrons. The number of hydrogen-bond donors (Lipinski definition) is 0. The zero-order valence-electron chi connectivity index (χ0n) is 12.3. The van der Waals surface area contributed by atoms with Gasteiger partial charge in [0.25, 0.3) is 0 Å². The van der Waals surface area contributed by atoms with Gasteiger partial charge in [-0.05, 0) is 37.9 Å². The van der Waals surface area contributed by atoms with Crippen LogP contribution in [0, 0.1) is 0 Å². The van der Waals surface area contributed by atoms with Crippen LogP contribution in [0.2, 0.25) is 0 Å². The smallest absolute Gasteiger partial charge is 0.335 e. The molecule has 3 heteroatoms. The molecule has 0 aliphatic carbocycles. The van der Waals surface area contributed by atoms with Gasteiger partial charge < -0.3 is 4.74 Å². The number of ether oxygens (including phenoxy) is 1. The van der Waals surface area contributed by atoms with E-state index in [-0.39, 0.29) is 5.97 Å². The largest absolute Gasteiger partial charge is 0.466 e. The van der Waals surface area contributed by atoms with Gasteiger partial charge in [0.05, 0.1) is 12.7 Å². The quantitative estimate of drug-likeness (QED) is 0.623. The lowest BCUT2D eigenvalue weighted by atomic mass is 10.0. The van der Waals surface area contributed by atoms with E-state index in [1.807, 2.05) is 36.4 Å². The van der Waals surface area contributed by atoms with Gasteiger partial charge in [0.1, 0.15) is 0 Å². The SMILES string of the molecule is COC(=O)/C(=C\c1ccccc1)CN1CCCC[C@H]1C. The molecule has 1 aromatic carbocycles. The van der Waals surface area contributed by atoms with Crippen LogP contribution in [-0.2, 0) is 9.53 Å². The lowest BCUT2D eigenvalue weighted by Gasteiger charge is -2.33. The number of rotatable bonds is 4. The Kier molecular flexibility index (Phi) is 5.36. The predicted molar refractivity (Wildman–Crippen MR) is 81.3 cm³/mol. The van der Waals surface area contributed by atoms with Gasteiger partial charge >= 0.3 is 5.97 Å². The predicted octanol–water partition coefficient (Wildman–Crippen LogP) is 3.12. The summed E-state index contributed by atoms with van der Waals surface area (Å²) in [7, 11) is 1.45. The van der Waals surface area contributed by atoms with Crippen LogP contribution in [0.25, 0.3) is 6.08 Å². The molecule has 0 unspecified atom stereocenters. The van der Waals surface area contributed by atoms with Crippen LogP contribution in [0.3, 0.4) is 0 Å². The maximum absolute atomic E-state index is 12.0. The maximum Gasteiger partial charge on any atom is 0.335 e. The van der Waals surface area contributed by atoms with E-state index in [0.29, 0.717) is 12.6 Å². The second kappa shape index (κ2) is 7.25. The van der Waals surface area contributed by atoms with E-state index in [2.05, 4.69) is 11.8 Å². The van der Waals surface area contributed by atoms with Gasteiger partial charge in [-0.25, -0.2) is 4.79 Å². The fourth-order valence-electron chi connectivity index (χ4n) is 2.66. The lowest BCUT2D eigenvalue weighted by molar-refractivity contribution is -0.136. The highest BCUT2D eigenvalue weighted by molar-refractivity contribution is 5.94. The summed E-state index contributed by atoms with van der Waals surface area (Å²) in [4.78, 5) is 14.3. The Bertz CT molecular complexity index is 467. The Morgan fingerprint density at radius 3 is 2.75 bits per heavy atom. The molecular formula is C17H23NO2. The highest BCUT2D eigenvalue weighted by atomic mass is 16.5. The summed E-state index contributed by atoms with van der Waals surface area (Å²) in [6, 6.07) is 10.5. The summed E-state index contributed by atoms with van der Waals surface area (Å²) in [5, 5.41) is 0. The first-order chi connectivity index (χ1) is 9.70. The number of carbonyl (C=O) groups excluding carboxylic acids is 1. The molecule has 1 aliphatic heterocycles. The molecule has 1 fully saturated rings. The highest BCUT2D eigenvalue weighted by Gasteiger charge is 2.21. The number of hydrogen-bond acceptors (Lipinski definition) is 3. The van der Waals surface area contributed by atoms with E-state index in [0.717, 1.165) is 17.7 Å². The second-order valence-corrected chi connectivity index (χ2v) is 5.39. The lowest BCUT2D eigenvalue weighted by Crippen LogP contribution is -2.39.